The summed E-state index contributed by atoms with van der Waals surface area (Å²) in [6, 6.07) is 22.6. The highest BCUT2D eigenvalue weighted by Crippen LogP contribution is 2.41. The van der Waals surface area contributed by atoms with Gasteiger partial charge in [-0.1, -0.05) is 42.5 Å². The van der Waals surface area contributed by atoms with Gasteiger partial charge >= 0.3 is 11.9 Å². The predicted molar refractivity (Wildman–Crippen MR) is 213 cm³/mol. The number of benzene rings is 3. The third kappa shape index (κ3) is 10.2. The Labute approximate surface area is 327 Å². The van der Waals surface area contributed by atoms with Crippen molar-refractivity contribution in [1.82, 2.24) is 19.4 Å². The summed E-state index contributed by atoms with van der Waals surface area (Å²) >= 11 is 0. The highest BCUT2D eigenvalue weighted by molar-refractivity contribution is 5.96. The summed E-state index contributed by atoms with van der Waals surface area (Å²) in [7, 11) is 4.71. The van der Waals surface area contributed by atoms with Gasteiger partial charge in [0, 0.05) is 69.0 Å². The minimum atomic E-state index is -1.26. The molecule has 2 fully saturated rings. The molecule has 2 aliphatic rings. The number of likely N-dealkylation sites (tertiary alicyclic amines) is 1. The molecule has 0 aliphatic carbocycles. The van der Waals surface area contributed by atoms with Crippen molar-refractivity contribution in [2.45, 2.75) is 38.1 Å². The first-order chi connectivity index (χ1) is 27.1. The maximum Gasteiger partial charge on any atom is 0.328 e. The monoisotopic (exact) mass is 771 g/mol. The Bertz CT molecular complexity index is 1930. The van der Waals surface area contributed by atoms with Gasteiger partial charge in [-0.15, -0.1) is 0 Å². The van der Waals surface area contributed by atoms with E-state index < -0.39 is 11.9 Å². The van der Waals surface area contributed by atoms with E-state index in [-0.39, 0.29) is 11.3 Å². The SMILES string of the molecule is CCOCCn1c(N2CCCN(CCC3(c4ccccc4)CCN(C(=O)c4cc(OC)c(OC)c(OC)c4)C3)CC2)nc2ccccc21.O=C(O)/C=C\C(=O)O. The van der Waals surface area contributed by atoms with E-state index in [1.54, 1.807) is 33.5 Å². The number of carboxylic acids is 2. The molecule has 2 N–H and O–H groups in total. The van der Waals surface area contributed by atoms with Gasteiger partial charge in [-0.05, 0) is 69.1 Å². The van der Waals surface area contributed by atoms with Gasteiger partial charge in [0.15, 0.2) is 11.5 Å². The second-order valence-corrected chi connectivity index (χ2v) is 13.7. The largest absolute Gasteiger partial charge is 0.493 e. The van der Waals surface area contributed by atoms with Crippen molar-refractivity contribution in [3.63, 3.8) is 0 Å². The molecule has 14 heteroatoms. The van der Waals surface area contributed by atoms with E-state index >= 15 is 0 Å². The Kier molecular flexibility index (Phi) is 14.7. The summed E-state index contributed by atoms with van der Waals surface area (Å²) in [5.74, 6) is -0.0577. The average molecular weight is 772 g/mol. The molecule has 56 heavy (non-hydrogen) atoms. The molecule has 300 valence electrons. The second kappa shape index (κ2) is 19.8. The van der Waals surface area contributed by atoms with E-state index in [1.807, 2.05) is 11.8 Å². The lowest BCUT2D eigenvalue weighted by molar-refractivity contribution is -0.134. The first-order valence-electron chi connectivity index (χ1n) is 18.9. The van der Waals surface area contributed by atoms with Crippen molar-refractivity contribution >= 4 is 34.8 Å². The van der Waals surface area contributed by atoms with Gasteiger partial charge < -0.3 is 48.4 Å². The Morgan fingerprint density at radius 1 is 0.821 bits per heavy atom. The molecule has 1 unspecified atom stereocenters. The number of amides is 1. The van der Waals surface area contributed by atoms with Crippen LogP contribution >= 0.6 is 0 Å². The van der Waals surface area contributed by atoms with Crippen LogP contribution < -0.4 is 19.1 Å². The fourth-order valence-electron chi connectivity index (χ4n) is 7.54. The summed E-state index contributed by atoms with van der Waals surface area (Å²) in [6.45, 7) is 10.4. The highest BCUT2D eigenvalue weighted by atomic mass is 16.5. The molecule has 0 spiro atoms. The lowest BCUT2D eigenvalue weighted by atomic mass is 9.76. The van der Waals surface area contributed by atoms with Crippen LogP contribution in [-0.2, 0) is 26.3 Å². The van der Waals surface area contributed by atoms with Crippen LogP contribution in [0.4, 0.5) is 5.95 Å². The number of hydrogen-bond donors (Lipinski definition) is 2. The lowest BCUT2D eigenvalue weighted by Gasteiger charge is -2.33. The number of anilines is 1. The maximum atomic E-state index is 13.9. The topological polar surface area (TPSA) is 156 Å². The predicted octanol–water partition coefficient (Wildman–Crippen LogP) is 5.20. The third-order valence-corrected chi connectivity index (χ3v) is 10.4. The molecule has 1 aromatic heterocycles. The summed E-state index contributed by atoms with van der Waals surface area (Å²) in [4.78, 5) is 45.2. The first-order valence-corrected chi connectivity index (χ1v) is 18.9. The molecule has 3 aromatic carbocycles. The standard InChI is InChI=1S/C38H49N5O5.C4H4O4/c1-5-48-25-24-43-32-15-10-9-14-31(32)39-37(43)41-19-11-18-40(22-23-41)20-16-38(30-12-7-6-8-13-30)17-21-42(28-38)36(44)29-26-33(45-2)35(47-4)34(27-29)46-3;5-3(6)1-2-4(7)8/h6-10,12-15,26-27H,5,11,16-25,28H2,1-4H3;1-2H,(H,5,6)(H,7,8)/b;2-1-. The van der Waals surface area contributed by atoms with E-state index in [2.05, 4.69) is 69.0 Å². The summed E-state index contributed by atoms with van der Waals surface area (Å²) in [6.07, 6.45) is 4.07. The van der Waals surface area contributed by atoms with E-state index in [9.17, 15) is 14.4 Å². The van der Waals surface area contributed by atoms with Crippen LogP contribution in [0.2, 0.25) is 0 Å². The van der Waals surface area contributed by atoms with Crippen molar-refractivity contribution in [2.75, 3.05) is 85.3 Å². The number of carbonyl (C=O) groups is 3. The number of aromatic nitrogens is 2. The second-order valence-electron chi connectivity index (χ2n) is 13.7. The van der Waals surface area contributed by atoms with E-state index in [0.717, 1.165) is 75.5 Å². The molecule has 1 amide bonds. The minimum absolute atomic E-state index is 0.0234. The van der Waals surface area contributed by atoms with Gasteiger partial charge in [0.25, 0.3) is 5.91 Å². The fraction of sp³-hybridized carbons (Fsp3) is 0.429. The molecular weight excluding hydrogens is 718 g/mol. The van der Waals surface area contributed by atoms with Crippen LogP contribution in [0.15, 0.2) is 78.9 Å². The molecule has 0 radical (unpaired) electrons. The van der Waals surface area contributed by atoms with Crippen molar-refractivity contribution in [2.24, 2.45) is 0 Å². The van der Waals surface area contributed by atoms with E-state index in [0.29, 0.717) is 61.3 Å². The highest BCUT2D eigenvalue weighted by Gasteiger charge is 2.42. The molecule has 6 rings (SSSR count). The fourth-order valence-corrected chi connectivity index (χ4v) is 7.54. The summed E-state index contributed by atoms with van der Waals surface area (Å²) < 4.78 is 24.6. The molecular formula is C42H53N5O9. The van der Waals surface area contributed by atoms with E-state index in [4.69, 9.17) is 34.1 Å². The zero-order chi connectivity index (χ0) is 40.1. The van der Waals surface area contributed by atoms with Crippen LogP contribution in [0.1, 0.15) is 42.1 Å². The number of fused-ring (bicyclic) bond motifs is 1. The molecule has 14 nitrogen and oxygen atoms in total. The van der Waals surface area contributed by atoms with Crippen LogP contribution in [0.3, 0.4) is 0 Å². The number of ether oxygens (including phenoxy) is 4. The van der Waals surface area contributed by atoms with Gasteiger partial charge in [-0.2, -0.15) is 0 Å². The zero-order valence-electron chi connectivity index (χ0n) is 32.7. The molecule has 0 saturated carbocycles. The van der Waals surface area contributed by atoms with Crippen LogP contribution in [-0.4, -0.2) is 128 Å². The molecule has 2 aliphatic heterocycles. The summed E-state index contributed by atoms with van der Waals surface area (Å²) in [5, 5.41) is 15.6. The Hall–Kier alpha value is -5.60. The van der Waals surface area contributed by atoms with Crippen molar-refractivity contribution in [3.8, 4) is 17.2 Å². The zero-order valence-corrected chi connectivity index (χ0v) is 32.7. The van der Waals surface area contributed by atoms with E-state index in [1.165, 1.54) is 5.56 Å². The number of imidazole rings is 1. The van der Waals surface area contributed by atoms with Gasteiger partial charge in [-0.25, -0.2) is 14.6 Å². The minimum Gasteiger partial charge on any atom is -0.493 e. The number of hydrogen-bond acceptors (Lipinski definition) is 10. The van der Waals surface area contributed by atoms with Gasteiger partial charge in [-0.3, -0.25) is 4.79 Å². The Morgan fingerprint density at radius 3 is 2.14 bits per heavy atom. The average Bonchev–Trinajstić information content (AvgIpc) is 3.74. The number of para-hydroxylation sites is 2. The van der Waals surface area contributed by atoms with Crippen molar-refractivity contribution in [1.29, 1.82) is 0 Å². The number of aliphatic carboxylic acids is 2. The number of carbonyl (C=O) groups excluding carboxylic acids is 1. The van der Waals surface area contributed by atoms with Crippen molar-refractivity contribution < 1.29 is 43.5 Å². The lowest BCUT2D eigenvalue weighted by Crippen LogP contribution is -2.39. The Morgan fingerprint density at radius 2 is 1.50 bits per heavy atom. The maximum absolute atomic E-state index is 13.9. The van der Waals surface area contributed by atoms with Crippen molar-refractivity contribution in [3.05, 3.63) is 90.0 Å². The van der Waals surface area contributed by atoms with Gasteiger partial charge in [0.1, 0.15) is 0 Å². The number of methoxy groups -OCH3 is 3. The molecule has 3 heterocycles. The molecule has 2 saturated heterocycles. The third-order valence-electron chi connectivity index (χ3n) is 10.4. The van der Waals surface area contributed by atoms with Gasteiger partial charge in [0.2, 0.25) is 11.7 Å². The normalized spacial score (nSPS) is 17.4. The quantitative estimate of drug-likeness (QED) is 0.121. The Balaban J connectivity index is 0.000000677. The first kappa shape index (κ1) is 41.6. The molecule has 0 bridgehead atoms. The number of carboxylic acid groups (broad SMARTS) is 2. The number of rotatable bonds is 15. The van der Waals surface area contributed by atoms with Crippen LogP contribution in [0.5, 0.6) is 17.2 Å². The van der Waals surface area contributed by atoms with Crippen LogP contribution in [0.25, 0.3) is 11.0 Å². The summed E-state index contributed by atoms with van der Waals surface area (Å²) in [5.41, 5.74) is 3.89. The molecule has 1 atom stereocenters. The number of nitrogens with zero attached hydrogens (tertiary/aromatic N) is 5. The molecule has 4 aromatic rings. The van der Waals surface area contributed by atoms with Gasteiger partial charge in [0.05, 0.1) is 39.0 Å². The van der Waals surface area contributed by atoms with Crippen LogP contribution in [0, 0.1) is 0 Å². The smallest absolute Gasteiger partial charge is 0.328 e.